The topological polar surface area (TPSA) is 127 Å². The molecule has 9 heteroatoms. The summed E-state index contributed by atoms with van der Waals surface area (Å²) in [7, 11) is 0. The SMILES string of the molecule is CC/C=C/CCC(=O)NCC[N+](CCO)(CC(C)C(=O)[O-])CC(C)C(=O)O.[K+]. The molecule has 0 fully saturated rings. The average Bonchev–Trinajstić information content (AvgIpc) is 2.58. The van der Waals surface area contributed by atoms with E-state index in [1.165, 1.54) is 6.92 Å². The number of carbonyl (C=O) groups is 3. The van der Waals surface area contributed by atoms with Gasteiger partial charge in [-0.05, 0) is 19.8 Å². The monoisotopic (exact) mass is 425 g/mol. The number of amides is 1. The van der Waals surface area contributed by atoms with Crippen LogP contribution in [0.25, 0.3) is 0 Å². The molecule has 0 rings (SSSR count). The molecule has 3 N–H and O–H groups in total. The Hall–Kier alpha value is -0.294. The molecule has 0 radical (unpaired) electrons. The summed E-state index contributed by atoms with van der Waals surface area (Å²) in [6, 6.07) is 0. The number of carboxylic acid groups (broad SMARTS) is 2. The molecule has 3 unspecified atom stereocenters. The van der Waals surface area contributed by atoms with Gasteiger partial charge in [-0.25, -0.2) is 0 Å². The van der Waals surface area contributed by atoms with E-state index in [1.54, 1.807) is 6.92 Å². The van der Waals surface area contributed by atoms with Gasteiger partial charge in [-0.1, -0.05) is 26.0 Å². The second-order valence-electron chi connectivity index (χ2n) is 7.11. The molecular formula is C19H34KN2O6+. The Kier molecular flexibility index (Phi) is 17.6. The van der Waals surface area contributed by atoms with Crippen LogP contribution in [0, 0.1) is 11.8 Å². The van der Waals surface area contributed by atoms with Gasteiger partial charge < -0.3 is 29.9 Å². The van der Waals surface area contributed by atoms with Gasteiger partial charge in [0.15, 0.2) is 0 Å². The van der Waals surface area contributed by atoms with Gasteiger partial charge in [-0.15, -0.1) is 0 Å². The third-order valence-electron chi connectivity index (χ3n) is 4.57. The fourth-order valence-corrected chi connectivity index (χ4v) is 3.10. The zero-order chi connectivity index (χ0) is 20.9. The number of nitrogens with zero attached hydrogens (tertiary/aromatic N) is 1. The predicted octanol–water partition coefficient (Wildman–Crippen LogP) is -3.23. The summed E-state index contributed by atoms with van der Waals surface area (Å²) < 4.78 is 0.0924. The maximum absolute atomic E-state index is 11.9. The van der Waals surface area contributed by atoms with E-state index in [0.29, 0.717) is 19.4 Å². The van der Waals surface area contributed by atoms with E-state index in [4.69, 9.17) is 0 Å². The van der Waals surface area contributed by atoms with Crippen LogP contribution in [0.2, 0.25) is 0 Å². The van der Waals surface area contributed by atoms with Gasteiger partial charge in [0.1, 0.15) is 12.5 Å². The molecule has 0 aliphatic heterocycles. The van der Waals surface area contributed by atoms with Crippen molar-refractivity contribution in [3.63, 3.8) is 0 Å². The molecule has 156 valence electrons. The Bertz CT molecular complexity index is 491. The van der Waals surface area contributed by atoms with Crippen molar-refractivity contribution in [2.75, 3.05) is 39.3 Å². The molecule has 0 saturated carbocycles. The standard InChI is InChI=1S/C19H34N2O6.K/c1-4-5-6-7-8-17(23)20-9-10-21(11-12-22,13-15(2)18(24)25)14-16(3)19(26)27;/h5-6,15-16,22H,4,7-14H2,1-3H3,(H2-,20,23,24,25,26,27);/q;+1/b6-5+;. The van der Waals surface area contributed by atoms with Crippen molar-refractivity contribution in [2.45, 2.75) is 40.0 Å². The zero-order valence-electron chi connectivity index (χ0n) is 17.6. The maximum atomic E-state index is 11.9. The first-order chi connectivity index (χ1) is 12.7. The third kappa shape index (κ3) is 13.0. The number of hydrogen-bond acceptors (Lipinski definition) is 5. The van der Waals surface area contributed by atoms with E-state index in [9.17, 15) is 29.7 Å². The number of rotatable bonds is 15. The number of carbonyl (C=O) groups excluding carboxylic acids is 2. The summed E-state index contributed by atoms with van der Waals surface area (Å²) in [5, 5.41) is 32.7. The molecule has 1 amide bonds. The van der Waals surface area contributed by atoms with E-state index >= 15 is 0 Å². The molecule has 3 atom stereocenters. The van der Waals surface area contributed by atoms with Gasteiger partial charge in [0.05, 0.1) is 32.8 Å². The number of allylic oxidation sites excluding steroid dienone is 2. The molecule has 0 aliphatic carbocycles. The number of carboxylic acids is 2. The molecular weight excluding hydrogens is 391 g/mol. The molecule has 0 heterocycles. The first-order valence-corrected chi connectivity index (χ1v) is 9.48. The van der Waals surface area contributed by atoms with Crippen LogP contribution in [-0.2, 0) is 14.4 Å². The van der Waals surface area contributed by atoms with Crippen molar-refractivity contribution < 1.29 is 85.6 Å². The van der Waals surface area contributed by atoms with Gasteiger partial charge in [0.25, 0.3) is 0 Å². The molecule has 8 nitrogen and oxygen atoms in total. The van der Waals surface area contributed by atoms with Crippen molar-refractivity contribution in [2.24, 2.45) is 11.8 Å². The van der Waals surface area contributed by atoms with Crippen molar-refractivity contribution in [3.8, 4) is 0 Å². The van der Waals surface area contributed by atoms with E-state index in [-0.39, 0.29) is 94.6 Å². The molecule has 28 heavy (non-hydrogen) atoms. The smallest absolute Gasteiger partial charge is 0.550 e. The van der Waals surface area contributed by atoms with Crippen molar-refractivity contribution in [1.29, 1.82) is 0 Å². The largest absolute Gasteiger partial charge is 1.00 e. The average molecular weight is 426 g/mol. The van der Waals surface area contributed by atoms with Crippen LogP contribution in [0.5, 0.6) is 0 Å². The quantitative estimate of drug-likeness (QED) is 0.144. The van der Waals surface area contributed by atoms with Crippen molar-refractivity contribution in [1.82, 2.24) is 5.32 Å². The van der Waals surface area contributed by atoms with Gasteiger partial charge in [0, 0.05) is 18.3 Å². The van der Waals surface area contributed by atoms with Crippen LogP contribution in [0.15, 0.2) is 12.2 Å². The minimum Gasteiger partial charge on any atom is -0.550 e. The molecule has 0 saturated heterocycles. The second kappa shape index (κ2) is 16.5. The summed E-state index contributed by atoms with van der Waals surface area (Å²) in [6.07, 6.45) is 5.86. The first-order valence-electron chi connectivity index (χ1n) is 9.48. The number of aliphatic hydroxyl groups is 1. The Morgan fingerprint density at radius 1 is 1.11 bits per heavy atom. The summed E-state index contributed by atoms with van der Waals surface area (Å²) in [6.45, 7) is 6.00. The van der Waals surface area contributed by atoms with Gasteiger partial charge in [0.2, 0.25) is 5.91 Å². The van der Waals surface area contributed by atoms with E-state index in [2.05, 4.69) is 5.32 Å². The van der Waals surface area contributed by atoms with Crippen LogP contribution < -0.4 is 61.8 Å². The van der Waals surface area contributed by atoms with Gasteiger partial charge in [-0.3, -0.25) is 9.59 Å². The Morgan fingerprint density at radius 2 is 1.71 bits per heavy atom. The van der Waals surface area contributed by atoms with E-state index in [0.717, 1.165) is 6.42 Å². The van der Waals surface area contributed by atoms with E-state index in [1.807, 2.05) is 19.1 Å². The van der Waals surface area contributed by atoms with Gasteiger partial charge in [-0.2, -0.15) is 0 Å². The first kappa shape index (κ1) is 29.9. The number of aliphatic hydroxyl groups excluding tert-OH is 1. The Labute approximate surface area is 210 Å². The summed E-state index contributed by atoms with van der Waals surface area (Å²) in [5.41, 5.74) is 0. The Morgan fingerprint density at radius 3 is 2.21 bits per heavy atom. The van der Waals surface area contributed by atoms with Crippen LogP contribution >= 0.6 is 0 Å². The fourth-order valence-electron chi connectivity index (χ4n) is 3.10. The zero-order valence-corrected chi connectivity index (χ0v) is 20.8. The molecule has 0 aromatic rings. The summed E-state index contributed by atoms with van der Waals surface area (Å²) >= 11 is 0. The fraction of sp³-hybridized carbons (Fsp3) is 0.737. The van der Waals surface area contributed by atoms with Crippen molar-refractivity contribution in [3.05, 3.63) is 12.2 Å². The predicted molar refractivity (Wildman–Crippen MR) is 99.5 cm³/mol. The normalized spacial score (nSPS) is 15.3. The van der Waals surface area contributed by atoms with E-state index < -0.39 is 23.8 Å². The molecule has 0 spiro atoms. The molecule has 0 bridgehead atoms. The van der Waals surface area contributed by atoms with Crippen LogP contribution in [0.4, 0.5) is 0 Å². The number of nitrogens with one attached hydrogen (secondary N) is 1. The molecule has 0 aromatic heterocycles. The number of aliphatic carboxylic acids is 2. The summed E-state index contributed by atoms with van der Waals surface area (Å²) in [5.74, 6) is -3.82. The van der Waals surface area contributed by atoms with Crippen molar-refractivity contribution >= 4 is 17.8 Å². The molecule has 0 aromatic carbocycles. The van der Waals surface area contributed by atoms with Gasteiger partial charge >= 0.3 is 57.4 Å². The molecule has 0 aliphatic rings. The second-order valence-corrected chi connectivity index (χ2v) is 7.11. The number of hydrogen-bond donors (Lipinski definition) is 3. The summed E-state index contributed by atoms with van der Waals surface area (Å²) in [4.78, 5) is 34.4. The maximum Gasteiger partial charge on any atom is 1.00 e. The van der Waals surface area contributed by atoms with Crippen LogP contribution in [-0.4, -0.2) is 71.9 Å². The van der Waals surface area contributed by atoms with Crippen LogP contribution in [0.3, 0.4) is 0 Å². The Balaban J connectivity index is 0. The van der Waals surface area contributed by atoms with Crippen LogP contribution in [0.1, 0.15) is 40.0 Å². The minimum atomic E-state index is -1.22. The third-order valence-corrected chi connectivity index (χ3v) is 4.57. The number of quaternary nitrogens is 1. The minimum absolute atomic E-state index is 0.